The maximum absolute atomic E-state index is 12.2. The molecule has 1 aliphatic carbocycles. The molecule has 2 N–H and O–H groups in total. The molecule has 1 fully saturated rings. The van der Waals surface area contributed by atoms with E-state index in [1.165, 1.54) is 4.68 Å². The third-order valence-electron chi connectivity index (χ3n) is 4.22. The standard InChI is InChI=1S/C15H25ClN4O/c1-3-9-19(12-7-5-11(17)6-8-12)13-10-18-20(4-2)15(21)14(13)16/h10-12H,3-9,17H2,1-2H3. The van der Waals surface area contributed by atoms with Crippen molar-refractivity contribution in [2.24, 2.45) is 5.73 Å². The van der Waals surface area contributed by atoms with Crippen LogP contribution >= 0.6 is 11.6 Å². The van der Waals surface area contributed by atoms with E-state index >= 15 is 0 Å². The molecule has 118 valence electrons. The van der Waals surface area contributed by atoms with Gasteiger partial charge in [0.2, 0.25) is 0 Å². The van der Waals surface area contributed by atoms with Crippen molar-refractivity contribution >= 4 is 17.3 Å². The zero-order chi connectivity index (χ0) is 15.4. The average Bonchev–Trinajstić information content (AvgIpc) is 2.49. The molecule has 0 amide bonds. The summed E-state index contributed by atoms with van der Waals surface area (Å²) in [7, 11) is 0. The highest BCUT2D eigenvalue weighted by atomic mass is 35.5. The first-order valence-corrected chi connectivity index (χ1v) is 8.24. The molecular formula is C15H25ClN4O. The van der Waals surface area contributed by atoms with Crippen LogP contribution in [0.4, 0.5) is 5.69 Å². The van der Waals surface area contributed by atoms with Gasteiger partial charge in [0.05, 0.1) is 11.9 Å². The molecule has 1 aliphatic rings. The topological polar surface area (TPSA) is 64.2 Å². The average molecular weight is 313 g/mol. The Morgan fingerprint density at radius 3 is 2.62 bits per heavy atom. The van der Waals surface area contributed by atoms with E-state index in [4.69, 9.17) is 17.3 Å². The summed E-state index contributed by atoms with van der Waals surface area (Å²) in [6.45, 7) is 5.44. The summed E-state index contributed by atoms with van der Waals surface area (Å²) in [5.74, 6) is 0. The van der Waals surface area contributed by atoms with E-state index in [1.807, 2.05) is 6.92 Å². The van der Waals surface area contributed by atoms with Gasteiger partial charge in [0.1, 0.15) is 5.02 Å². The van der Waals surface area contributed by atoms with Crippen molar-refractivity contribution in [3.63, 3.8) is 0 Å². The van der Waals surface area contributed by atoms with Crippen molar-refractivity contribution in [1.82, 2.24) is 9.78 Å². The maximum Gasteiger partial charge on any atom is 0.287 e. The fourth-order valence-electron chi connectivity index (χ4n) is 3.04. The van der Waals surface area contributed by atoms with Crippen molar-refractivity contribution in [2.75, 3.05) is 11.4 Å². The highest BCUT2D eigenvalue weighted by Gasteiger charge is 2.26. The Morgan fingerprint density at radius 2 is 2.05 bits per heavy atom. The lowest BCUT2D eigenvalue weighted by molar-refractivity contribution is 0.375. The van der Waals surface area contributed by atoms with Crippen LogP contribution in [-0.4, -0.2) is 28.4 Å². The molecule has 5 nitrogen and oxygen atoms in total. The lowest BCUT2D eigenvalue weighted by atomic mass is 9.90. The van der Waals surface area contributed by atoms with Crippen LogP contribution in [0.25, 0.3) is 0 Å². The molecule has 0 atom stereocenters. The molecule has 0 spiro atoms. The van der Waals surface area contributed by atoms with Gasteiger partial charge in [-0.1, -0.05) is 18.5 Å². The Labute approximate surface area is 131 Å². The number of nitrogens with two attached hydrogens (primary N) is 1. The fourth-order valence-corrected chi connectivity index (χ4v) is 3.29. The highest BCUT2D eigenvalue weighted by molar-refractivity contribution is 6.33. The van der Waals surface area contributed by atoms with Gasteiger partial charge in [-0.2, -0.15) is 5.10 Å². The molecule has 0 aromatic carbocycles. The van der Waals surface area contributed by atoms with Crippen LogP contribution in [-0.2, 0) is 6.54 Å². The summed E-state index contributed by atoms with van der Waals surface area (Å²) >= 11 is 6.32. The summed E-state index contributed by atoms with van der Waals surface area (Å²) in [6, 6.07) is 0.715. The molecule has 1 heterocycles. The molecule has 2 rings (SSSR count). The summed E-state index contributed by atoms with van der Waals surface area (Å²) < 4.78 is 1.40. The molecule has 0 bridgehead atoms. The lowest BCUT2D eigenvalue weighted by Crippen LogP contribution is -2.42. The van der Waals surface area contributed by atoms with E-state index in [2.05, 4.69) is 16.9 Å². The Balaban J connectivity index is 2.30. The molecule has 1 aromatic rings. The van der Waals surface area contributed by atoms with Crippen LogP contribution in [0.3, 0.4) is 0 Å². The Hall–Kier alpha value is -1.07. The van der Waals surface area contributed by atoms with Crippen molar-refractivity contribution in [1.29, 1.82) is 0 Å². The van der Waals surface area contributed by atoms with Gasteiger partial charge in [0.15, 0.2) is 0 Å². The van der Waals surface area contributed by atoms with E-state index < -0.39 is 0 Å². The highest BCUT2D eigenvalue weighted by Crippen LogP contribution is 2.30. The van der Waals surface area contributed by atoms with Crippen LogP contribution < -0.4 is 16.2 Å². The van der Waals surface area contributed by atoms with E-state index in [9.17, 15) is 4.79 Å². The molecule has 6 heteroatoms. The number of rotatable bonds is 5. The first-order chi connectivity index (χ1) is 10.1. The number of hydrogen-bond acceptors (Lipinski definition) is 4. The minimum Gasteiger partial charge on any atom is -0.366 e. The van der Waals surface area contributed by atoms with E-state index in [1.54, 1.807) is 6.20 Å². The van der Waals surface area contributed by atoms with E-state index in [0.717, 1.165) is 44.3 Å². The van der Waals surface area contributed by atoms with Crippen LogP contribution in [0.15, 0.2) is 11.0 Å². The number of hydrogen-bond donors (Lipinski definition) is 1. The molecule has 21 heavy (non-hydrogen) atoms. The summed E-state index contributed by atoms with van der Waals surface area (Å²) in [6.07, 6.45) is 6.90. The quantitative estimate of drug-likeness (QED) is 0.907. The smallest absolute Gasteiger partial charge is 0.287 e. The van der Waals surface area contributed by atoms with Gasteiger partial charge < -0.3 is 10.6 Å². The second-order valence-corrected chi connectivity index (χ2v) is 6.10. The number of nitrogens with zero attached hydrogens (tertiary/aromatic N) is 3. The maximum atomic E-state index is 12.2. The molecule has 0 saturated heterocycles. The minimum atomic E-state index is -0.203. The predicted octanol–water partition coefficient (Wildman–Crippen LogP) is 2.40. The van der Waals surface area contributed by atoms with Crippen molar-refractivity contribution in [3.8, 4) is 0 Å². The normalized spacial score (nSPS) is 22.3. The molecule has 0 unspecified atom stereocenters. The molecule has 1 saturated carbocycles. The molecule has 0 radical (unpaired) electrons. The second kappa shape index (κ2) is 7.27. The second-order valence-electron chi connectivity index (χ2n) is 5.73. The van der Waals surface area contributed by atoms with Crippen LogP contribution in [0, 0.1) is 0 Å². The van der Waals surface area contributed by atoms with Crippen molar-refractivity contribution in [3.05, 3.63) is 21.6 Å². The van der Waals surface area contributed by atoms with Gasteiger partial charge in [-0.15, -0.1) is 0 Å². The summed E-state index contributed by atoms with van der Waals surface area (Å²) in [5.41, 5.74) is 6.56. The molecule has 0 aliphatic heterocycles. The van der Waals surface area contributed by atoms with E-state index in [-0.39, 0.29) is 10.6 Å². The predicted molar refractivity (Wildman–Crippen MR) is 87.0 cm³/mol. The van der Waals surface area contributed by atoms with Gasteiger partial charge in [-0.25, -0.2) is 4.68 Å². The Kier molecular flexibility index (Phi) is 5.65. The zero-order valence-electron chi connectivity index (χ0n) is 12.9. The SMILES string of the molecule is CCCN(c1cnn(CC)c(=O)c1Cl)C1CCC(N)CC1. The largest absolute Gasteiger partial charge is 0.366 e. The first kappa shape index (κ1) is 16.3. The molecular weight excluding hydrogens is 288 g/mol. The van der Waals surface area contributed by atoms with Crippen LogP contribution in [0.2, 0.25) is 5.02 Å². The Morgan fingerprint density at radius 1 is 1.38 bits per heavy atom. The van der Waals surface area contributed by atoms with Gasteiger partial charge in [0.25, 0.3) is 5.56 Å². The van der Waals surface area contributed by atoms with Crippen LogP contribution in [0.5, 0.6) is 0 Å². The first-order valence-electron chi connectivity index (χ1n) is 7.86. The van der Waals surface area contributed by atoms with Gasteiger partial charge >= 0.3 is 0 Å². The van der Waals surface area contributed by atoms with Crippen molar-refractivity contribution in [2.45, 2.75) is 64.6 Å². The monoisotopic (exact) mass is 312 g/mol. The third-order valence-corrected chi connectivity index (χ3v) is 4.58. The Bertz CT molecular complexity index is 523. The van der Waals surface area contributed by atoms with Gasteiger partial charge in [0, 0.05) is 25.2 Å². The zero-order valence-corrected chi connectivity index (χ0v) is 13.6. The van der Waals surface area contributed by atoms with Crippen LogP contribution in [0.1, 0.15) is 46.0 Å². The lowest BCUT2D eigenvalue weighted by Gasteiger charge is -2.37. The van der Waals surface area contributed by atoms with Gasteiger partial charge in [-0.05, 0) is 39.0 Å². The number of aromatic nitrogens is 2. The summed E-state index contributed by atoms with van der Waals surface area (Å²) in [4.78, 5) is 14.4. The molecule has 1 aromatic heterocycles. The van der Waals surface area contributed by atoms with Crippen molar-refractivity contribution < 1.29 is 0 Å². The number of anilines is 1. The third kappa shape index (κ3) is 3.58. The number of halogens is 1. The summed E-state index contributed by atoms with van der Waals surface area (Å²) in [5, 5.41) is 4.51. The van der Waals surface area contributed by atoms with Gasteiger partial charge in [-0.3, -0.25) is 4.79 Å². The fraction of sp³-hybridized carbons (Fsp3) is 0.733. The van der Waals surface area contributed by atoms with E-state index in [0.29, 0.717) is 18.6 Å². The number of aryl methyl sites for hydroxylation is 1. The minimum absolute atomic E-state index is 0.203.